The summed E-state index contributed by atoms with van der Waals surface area (Å²) in [5, 5.41) is 5.46. The van der Waals surface area contributed by atoms with E-state index >= 15 is 0 Å². The summed E-state index contributed by atoms with van der Waals surface area (Å²) >= 11 is 1.28. The van der Waals surface area contributed by atoms with Crippen molar-refractivity contribution in [3.05, 3.63) is 109 Å². The number of allylic oxidation sites excluding steroid dienone is 1. The van der Waals surface area contributed by atoms with Crippen molar-refractivity contribution in [1.82, 2.24) is 20.0 Å². The number of ether oxygens (including phenoxy) is 3. The van der Waals surface area contributed by atoms with Crippen molar-refractivity contribution in [3.8, 4) is 28.9 Å². The molecule has 0 aliphatic heterocycles. The first-order valence-corrected chi connectivity index (χ1v) is 16.2. The Balaban J connectivity index is 1.55. The van der Waals surface area contributed by atoms with Gasteiger partial charge in [0.1, 0.15) is 17.4 Å². The summed E-state index contributed by atoms with van der Waals surface area (Å²) in [6.45, 7) is 8.88. The third-order valence-corrected chi connectivity index (χ3v) is 7.35. The van der Waals surface area contributed by atoms with Gasteiger partial charge in [-0.05, 0) is 63.4 Å². The number of amides is 3. The average Bonchev–Trinajstić information content (AvgIpc) is 3.07. The topological polar surface area (TPSA) is 141 Å². The summed E-state index contributed by atoms with van der Waals surface area (Å²) in [5.41, 5.74) is 0.996. The zero-order chi connectivity index (χ0) is 34.5. The largest absolute Gasteiger partial charge is 0.481 e. The maximum atomic E-state index is 13.8. The highest BCUT2D eigenvalue weighted by molar-refractivity contribution is 7.97. The summed E-state index contributed by atoms with van der Waals surface area (Å²) in [4.78, 5) is 48.5. The molecule has 12 heteroatoms. The molecule has 1 aromatic heterocycles. The first kappa shape index (κ1) is 35.5. The van der Waals surface area contributed by atoms with Gasteiger partial charge in [0.2, 0.25) is 11.8 Å². The molecule has 0 saturated heterocycles. The van der Waals surface area contributed by atoms with Gasteiger partial charge < -0.3 is 24.8 Å². The van der Waals surface area contributed by atoms with Crippen LogP contribution >= 0.6 is 11.9 Å². The van der Waals surface area contributed by atoms with Crippen molar-refractivity contribution in [2.75, 3.05) is 18.2 Å². The minimum Gasteiger partial charge on any atom is -0.481 e. The Hall–Kier alpha value is -5.36. The maximum Gasteiger partial charge on any atom is 0.408 e. The van der Waals surface area contributed by atoms with Gasteiger partial charge in [-0.2, -0.15) is 9.97 Å². The molecule has 0 aliphatic rings. The first-order valence-electron chi connectivity index (χ1n) is 15.2. The van der Waals surface area contributed by atoms with Crippen molar-refractivity contribution in [2.45, 2.75) is 45.3 Å². The number of rotatable bonds is 14. The molecule has 0 saturated carbocycles. The predicted octanol–water partition coefficient (Wildman–Crippen LogP) is 7.49. The first-order chi connectivity index (χ1) is 23.1. The van der Waals surface area contributed by atoms with E-state index in [9.17, 15) is 14.4 Å². The lowest BCUT2D eigenvalue weighted by Gasteiger charge is -2.24. The van der Waals surface area contributed by atoms with Gasteiger partial charge in [0.15, 0.2) is 5.82 Å². The summed E-state index contributed by atoms with van der Waals surface area (Å²) in [6.07, 6.45) is 2.76. The summed E-state index contributed by atoms with van der Waals surface area (Å²) in [6, 6.07) is 23.0. The second-order valence-electron chi connectivity index (χ2n) is 11.4. The van der Waals surface area contributed by atoms with E-state index in [1.807, 2.05) is 36.4 Å². The van der Waals surface area contributed by atoms with Crippen LogP contribution in [0.15, 0.2) is 97.6 Å². The number of carbonyl (C=O) groups is 3. The van der Waals surface area contributed by atoms with E-state index in [0.717, 1.165) is 18.4 Å². The molecule has 1 heterocycles. The molecule has 48 heavy (non-hydrogen) atoms. The van der Waals surface area contributed by atoms with Crippen molar-refractivity contribution in [3.63, 3.8) is 0 Å². The van der Waals surface area contributed by atoms with E-state index in [1.165, 1.54) is 19.1 Å². The van der Waals surface area contributed by atoms with Gasteiger partial charge in [0.25, 0.3) is 11.8 Å². The number of nitrogens with zero attached hydrogens (tertiary/aromatic N) is 2. The van der Waals surface area contributed by atoms with E-state index in [1.54, 1.807) is 75.4 Å². The Morgan fingerprint density at radius 3 is 2.31 bits per heavy atom. The van der Waals surface area contributed by atoms with E-state index in [0.29, 0.717) is 28.8 Å². The third kappa shape index (κ3) is 10.6. The van der Waals surface area contributed by atoms with Gasteiger partial charge in [-0.15, -0.1) is 6.58 Å². The van der Waals surface area contributed by atoms with Crippen molar-refractivity contribution < 1.29 is 28.6 Å². The molecule has 0 radical (unpaired) electrons. The van der Waals surface area contributed by atoms with Gasteiger partial charge in [-0.1, -0.05) is 72.6 Å². The molecule has 3 N–H and O–H groups in total. The normalized spacial score (nSPS) is 11.5. The number of carbonyl (C=O) groups excluding carboxylic acids is 3. The number of hydrogen-bond acceptors (Lipinski definition) is 9. The van der Waals surface area contributed by atoms with Crippen molar-refractivity contribution >= 4 is 35.5 Å². The van der Waals surface area contributed by atoms with Crippen LogP contribution in [0.3, 0.4) is 0 Å². The standard InChI is InChI=1S/C36H39N5O6S/c1-6-7-13-22-48-41-33(42)27-16-11-12-17-28(27)37-34(43)31(40-35(44)47-36(2,3)4)24-18-20-26(21-19-24)46-30-23-29(45-5)38-32(39-30)25-14-9-8-10-15-25/h6,8-12,14-21,23,31H,1,7,13,22H2,2-5H3,(H,37,43)(H,40,44)(H,41,42). The van der Waals surface area contributed by atoms with Crippen LogP contribution in [0.5, 0.6) is 17.5 Å². The molecule has 250 valence electrons. The van der Waals surface area contributed by atoms with Gasteiger partial charge in [0, 0.05) is 11.3 Å². The highest BCUT2D eigenvalue weighted by Gasteiger charge is 2.27. The monoisotopic (exact) mass is 669 g/mol. The van der Waals surface area contributed by atoms with Crippen molar-refractivity contribution in [2.24, 2.45) is 0 Å². The van der Waals surface area contributed by atoms with Crippen LogP contribution in [0, 0.1) is 0 Å². The molecule has 0 bridgehead atoms. The summed E-state index contributed by atoms with van der Waals surface area (Å²) < 4.78 is 19.6. The molecular weight excluding hydrogens is 630 g/mol. The molecule has 4 rings (SSSR count). The predicted molar refractivity (Wildman–Crippen MR) is 187 cm³/mol. The number of unbranched alkanes of at least 4 members (excludes halogenated alkanes) is 1. The summed E-state index contributed by atoms with van der Waals surface area (Å²) in [5.74, 6) is 1.21. The van der Waals surface area contributed by atoms with E-state index in [-0.39, 0.29) is 23.0 Å². The van der Waals surface area contributed by atoms with E-state index in [4.69, 9.17) is 14.2 Å². The average molecular weight is 670 g/mol. The van der Waals surface area contributed by atoms with Gasteiger partial charge in [-0.25, -0.2) is 4.79 Å². The van der Waals surface area contributed by atoms with Gasteiger partial charge >= 0.3 is 6.09 Å². The van der Waals surface area contributed by atoms with E-state index in [2.05, 4.69) is 31.9 Å². The molecule has 4 aromatic rings. The molecule has 1 atom stereocenters. The number of benzene rings is 3. The number of methoxy groups -OCH3 is 1. The van der Waals surface area contributed by atoms with Crippen LogP contribution in [-0.4, -0.2) is 46.3 Å². The number of nitrogens with one attached hydrogen (secondary N) is 3. The third-order valence-electron chi connectivity index (χ3n) is 6.53. The lowest BCUT2D eigenvalue weighted by atomic mass is 10.1. The summed E-state index contributed by atoms with van der Waals surface area (Å²) in [7, 11) is 1.51. The van der Waals surface area contributed by atoms with Crippen LogP contribution in [0.2, 0.25) is 0 Å². The van der Waals surface area contributed by atoms with Crippen molar-refractivity contribution in [1.29, 1.82) is 0 Å². The van der Waals surface area contributed by atoms with Crippen LogP contribution in [0.25, 0.3) is 11.4 Å². The smallest absolute Gasteiger partial charge is 0.408 e. The van der Waals surface area contributed by atoms with Crippen LogP contribution in [0.1, 0.15) is 55.6 Å². The number of aromatic nitrogens is 2. The molecule has 11 nitrogen and oxygen atoms in total. The van der Waals surface area contributed by atoms with Crippen LogP contribution < -0.4 is 24.8 Å². The Labute approximate surface area is 284 Å². The molecule has 0 spiro atoms. The number of anilines is 1. The Morgan fingerprint density at radius 1 is 0.938 bits per heavy atom. The minimum absolute atomic E-state index is 0.253. The molecule has 3 amide bonds. The molecule has 1 unspecified atom stereocenters. The molecular formula is C36H39N5O6S. The fourth-order valence-corrected chi connectivity index (χ4v) is 4.97. The highest BCUT2D eigenvalue weighted by Crippen LogP contribution is 2.28. The Kier molecular flexibility index (Phi) is 12.6. The lowest BCUT2D eigenvalue weighted by Crippen LogP contribution is -2.40. The number of para-hydroxylation sites is 1. The van der Waals surface area contributed by atoms with Gasteiger partial charge in [-0.3, -0.25) is 14.3 Å². The van der Waals surface area contributed by atoms with Crippen LogP contribution in [-0.2, 0) is 9.53 Å². The fraction of sp³-hybridized carbons (Fsp3) is 0.250. The zero-order valence-electron chi connectivity index (χ0n) is 27.3. The van der Waals surface area contributed by atoms with Crippen LogP contribution in [0.4, 0.5) is 10.5 Å². The lowest BCUT2D eigenvalue weighted by molar-refractivity contribution is -0.118. The number of alkyl carbamates (subject to hydrolysis) is 1. The second-order valence-corrected chi connectivity index (χ2v) is 12.3. The molecule has 3 aromatic carbocycles. The van der Waals surface area contributed by atoms with E-state index < -0.39 is 23.6 Å². The fourth-order valence-electron chi connectivity index (χ4n) is 4.32. The second kappa shape index (κ2) is 17.0. The molecule has 0 fully saturated rings. The number of hydrogen-bond donors (Lipinski definition) is 3. The molecule has 0 aliphatic carbocycles. The Bertz CT molecular complexity index is 1710. The maximum absolute atomic E-state index is 13.8. The quantitative estimate of drug-likeness (QED) is 0.0707. The SMILES string of the molecule is C=CCCCSNC(=O)c1ccccc1NC(=O)C(NC(=O)OC(C)(C)C)c1ccc(Oc2cc(OC)nc(-c3ccccc3)n2)cc1. The minimum atomic E-state index is -1.18. The Morgan fingerprint density at radius 2 is 1.62 bits per heavy atom. The van der Waals surface area contributed by atoms with Gasteiger partial charge in [0.05, 0.1) is 24.4 Å². The zero-order valence-corrected chi connectivity index (χ0v) is 28.1. The highest BCUT2D eigenvalue weighted by atomic mass is 32.2.